The van der Waals surface area contributed by atoms with Gasteiger partial charge in [0.2, 0.25) is 10.0 Å². The zero-order valence-corrected chi connectivity index (χ0v) is 25.3. The molecule has 41 heavy (non-hydrogen) atoms. The lowest BCUT2D eigenvalue weighted by atomic mass is 9.91. The van der Waals surface area contributed by atoms with Crippen molar-refractivity contribution < 1.29 is 12.8 Å². The van der Waals surface area contributed by atoms with E-state index in [0.717, 1.165) is 66.0 Å². The fraction of sp³-hybridized carbons (Fsp3) is 0.258. The fourth-order valence-electron chi connectivity index (χ4n) is 5.31. The van der Waals surface area contributed by atoms with E-state index in [9.17, 15) is 12.8 Å². The van der Waals surface area contributed by atoms with Gasteiger partial charge in [0.25, 0.3) is 0 Å². The van der Waals surface area contributed by atoms with E-state index in [4.69, 9.17) is 11.6 Å². The van der Waals surface area contributed by atoms with Crippen LogP contribution in [-0.4, -0.2) is 50.0 Å². The third-order valence-corrected chi connectivity index (χ3v) is 9.32. The maximum Gasteiger partial charge on any atom is 0.240 e. The molecule has 4 aromatic rings. The first-order chi connectivity index (χ1) is 19.3. The minimum atomic E-state index is -3.45. The third-order valence-electron chi connectivity index (χ3n) is 7.60. The molecule has 2 aromatic carbocycles. The predicted octanol–water partition coefficient (Wildman–Crippen LogP) is 7.15. The quantitative estimate of drug-likeness (QED) is 0.210. The van der Waals surface area contributed by atoms with Gasteiger partial charge in [0.05, 0.1) is 15.6 Å². The number of benzene rings is 2. The highest BCUT2D eigenvalue weighted by Gasteiger charge is 2.23. The smallest absolute Gasteiger partial charge is 0.240 e. The summed E-state index contributed by atoms with van der Waals surface area (Å²) in [4.78, 5) is 10.3. The molecular weight excluding hydrogens is 582 g/mol. The SMILES string of the molecule is CCC(CN1CC=C(c2c[nH]c(-c3ccc(F)c(Cl)c3)c2-c2ccncc2)CC1)c1ccc(S(=O)(=O)NC)cc1.Cl. The van der Waals surface area contributed by atoms with E-state index in [2.05, 4.69) is 32.6 Å². The van der Waals surface area contributed by atoms with Gasteiger partial charge in [0.1, 0.15) is 5.82 Å². The average molecular weight is 616 g/mol. The molecule has 0 radical (unpaired) electrons. The van der Waals surface area contributed by atoms with E-state index < -0.39 is 15.8 Å². The number of sulfonamides is 1. The van der Waals surface area contributed by atoms with E-state index in [1.165, 1.54) is 18.7 Å². The number of hydrogen-bond donors (Lipinski definition) is 2. The van der Waals surface area contributed by atoms with Crippen molar-refractivity contribution >= 4 is 39.6 Å². The molecule has 0 bridgehead atoms. The van der Waals surface area contributed by atoms with E-state index in [1.54, 1.807) is 36.7 Å². The number of rotatable bonds is 9. The van der Waals surface area contributed by atoms with Gasteiger partial charge >= 0.3 is 0 Å². The van der Waals surface area contributed by atoms with Gasteiger partial charge in [-0.1, -0.05) is 36.7 Å². The Bertz CT molecular complexity index is 1620. The van der Waals surface area contributed by atoms with Crippen molar-refractivity contribution in [2.75, 3.05) is 26.7 Å². The van der Waals surface area contributed by atoms with Crippen molar-refractivity contribution in [3.05, 3.63) is 101 Å². The molecular formula is C31H33Cl2FN4O2S. The minimum Gasteiger partial charge on any atom is -0.360 e. The highest BCUT2D eigenvalue weighted by atomic mass is 35.5. The lowest BCUT2D eigenvalue weighted by Gasteiger charge is -2.30. The highest BCUT2D eigenvalue weighted by molar-refractivity contribution is 7.89. The largest absolute Gasteiger partial charge is 0.360 e. The second kappa shape index (κ2) is 13.3. The van der Waals surface area contributed by atoms with Crippen LogP contribution >= 0.6 is 24.0 Å². The molecule has 1 aliphatic rings. The number of nitrogens with one attached hydrogen (secondary N) is 2. The Morgan fingerprint density at radius 1 is 1.10 bits per heavy atom. The van der Waals surface area contributed by atoms with Gasteiger partial charge in [-0.05, 0) is 85.0 Å². The first kappa shape index (κ1) is 30.9. The van der Waals surface area contributed by atoms with Crippen molar-refractivity contribution in [1.82, 2.24) is 19.6 Å². The Morgan fingerprint density at radius 2 is 1.83 bits per heavy atom. The second-order valence-corrected chi connectivity index (χ2v) is 12.2. The molecule has 2 N–H and O–H groups in total. The molecule has 0 saturated carbocycles. The van der Waals surface area contributed by atoms with Crippen LogP contribution in [0.3, 0.4) is 0 Å². The lowest BCUT2D eigenvalue weighted by molar-refractivity contribution is 0.278. The summed E-state index contributed by atoms with van der Waals surface area (Å²) in [5, 5.41) is 0.0885. The Balaban J connectivity index is 0.00000387. The number of H-pyrrole nitrogens is 1. The topological polar surface area (TPSA) is 78.1 Å². The molecule has 3 heterocycles. The van der Waals surface area contributed by atoms with Gasteiger partial charge in [-0.2, -0.15) is 0 Å². The van der Waals surface area contributed by atoms with Crippen LogP contribution in [0, 0.1) is 5.82 Å². The van der Waals surface area contributed by atoms with Crippen molar-refractivity contribution in [1.29, 1.82) is 0 Å². The monoisotopic (exact) mass is 614 g/mol. The molecule has 10 heteroatoms. The molecule has 0 spiro atoms. The maximum absolute atomic E-state index is 13.9. The average Bonchev–Trinajstić information content (AvgIpc) is 3.43. The van der Waals surface area contributed by atoms with Gasteiger partial charge in [-0.3, -0.25) is 9.88 Å². The van der Waals surface area contributed by atoms with Gasteiger partial charge < -0.3 is 4.98 Å². The summed E-state index contributed by atoms with van der Waals surface area (Å²) in [5.41, 5.74) is 7.30. The molecule has 5 rings (SSSR count). The molecule has 2 aromatic heterocycles. The molecule has 216 valence electrons. The van der Waals surface area contributed by atoms with E-state index >= 15 is 0 Å². The summed E-state index contributed by atoms with van der Waals surface area (Å²) in [6, 6.07) is 16.0. The summed E-state index contributed by atoms with van der Waals surface area (Å²) in [6.45, 7) is 4.78. The Labute approximate surface area is 252 Å². The predicted molar refractivity (Wildman–Crippen MR) is 166 cm³/mol. The molecule has 0 aliphatic carbocycles. The van der Waals surface area contributed by atoms with Crippen LogP contribution in [0.4, 0.5) is 4.39 Å². The van der Waals surface area contributed by atoms with Crippen molar-refractivity contribution in [3.8, 4) is 22.4 Å². The van der Waals surface area contributed by atoms with E-state index in [1.807, 2.05) is 30.5 Å². The molecule has 0 fully saturated rings. The van der Waals surface area contributed by atoms with E-state index in [-0.39, 0.29) is 22.3 Å². The third kappa shape index (κ3) is 6.74. The summed E-state index contributed by atoms with van der Waals surface area (Å²) in [5.74, 6) is -0.141. The number of hydrogen-bond acceptors (Lipinski definition) is 4. The first-order valence-electron chi connectivity index (χ1n) is 13.3. The van der Waals surface area contributed by atoms with Crippen LogP contribution in [0.5, 0.6) is 0 Å². The molecule has 1 unspecified atom stereocenters. The van der Waals surface area contributed by atoms with Gasteiger partial charge in [0, 0.05) is 54.9 Å². The molecule has 0 saturated heterocycles. The highest BCUT2D eigenvalue weighted by Crippen LogP contribution is 2.40. The Hall–Kier alpha value is -3.01. The number of aromatic amines is 1. The van der Waals surface area contributed by atoms with E-state index in [0.29, 0.717) is 5.92 Å². The molecule has 1 atom stereocenters. The standard InChI is InChI=1S/C31H32ClFN4O2S.ClH/c1-3-21(22-4-7-26(8-5-22)40(38,39)34-2)20-37-16-12-23(13-17-37)27-19-36-31(25-6-9-29(33)28(32)18-25)30(27)24-10-14-35-15-11-24;/h4-12,14-15,18-19,21,34,36H,3,13,16-17,20H2,1-2H3;1H. The Morgan fingerprint density at radius 3 is 2.44 bits per heavy atom. The molecule has 1 aliphatic heterocycles. The number of aromatic nitrogens is 2. The van der Waals surface area contributed by atoms with Crippen LogP contribution < -0.4 is 4.72 Å². The molecule has 0 amide bonds. The first-order valence-corrected chi connectivity index (χ1v) is 15.2. The lowest BCUT2D eigenvalue weighted by Crippen LogP contribution is -2.32. The minimum absolute atomic E-state index is 0. The van der Waals surface area contributed by atoms with Crippen LogP contribution in [0.1, 0.15) is 36.8 Å². The fourth-order valence-corrected chi connectivity index (χ4v) is 6.23. The summed E-state index contributed by atoms with van der Waals surface area (Å²) >= 11 is 6.12. The van der Waals surface area contributed by atoms with Crippen molar-refractivity contribution in [2.24, 2.45) is 0 Å². The zero-order chi connectivity index (χ0) is 28.3. The van der Waals surface area contributed by atoms with Crippen LogP contribution in [0.15, 0.2) is 84.2 Å². The number of pyridine rings is 1. The van der Waals surface area contributed by atoms with Crippen LogP contribution in [-0.2, 0) is 10.0 Å². The maximum atomic E-state index is 13.9. The Kier molecular flexibility index (Phi) is 10.0. The summed E-state index contributed by atoms with van der Waals surface area (Å²) < 4.78 is 40.4. The number of halogens is 3. The summed E-state index contributed by atoms with van der Waals surface area (Å²) in [7, 11) is -2.03. The normalized spacial score (nSPS) is 14.8. The van der Waals surface area contributed by atoms with Crippen LogP contribution in [0.25, 0.3) is 28.0 Å². The summed E-state index contributed by atoms with van der Waals surface area (Å²) in [6.07, 6.45) is 9.70. The van der Waals surface area contributed by atoms with Gasteiger partial charge in [-0.15, -0.1) is 12.4 Å². The van der Waals surface area contributed by atoms with Crippen molar-refractivity contribution in [2.45, 2.75) is 30.6 Å². The van der Waals surface area contributed by atoms with Crippen molar-refractivity contribution in [3.63, 3.8) is 0 Å². The molecule has 6 nitrogen and oxygen atoms in total. The number of nitrogens with zero attached hydrogens (tertiary/aromatic N) is 2. The van der Waals surface area contributed by atoms with Gasteiger partial charge in [0.15, 0.2) is 0 Å². The van der Waals surface area contributed by atoms with Gasteiger partial charge in [-0.25, -0.2) is 17.5 Å². The zero-order valence-electron chi connectivity index (χ0n) is 22.9. The second-order valence-electron chi connectivity index (χ2n) is 9.94. The van der Waals surface area contributed by atoms with Crippen LogP contribution in [0.2, 0.25) is 5.02 Å².